The van der Waals surface area contributed by atoms with Gasteiger partial charge < -0.3 is 23.6 Å². The van der Waals surface area contributed by atoms with E-state index in [1.54, 1.807) is 21.3 Å². The lowest BCUT2D eigenvalue weighted by molar-refractivity contribution is -0.166. The van der Waals surface area contributed by atoms with Crippen molar-refractivity contribution in [1.29, 1.82) is 0 Å². The van der Waals surface area contributed by atoms with Gasteiger partial charge >= 0.3 is 5.97 Å². The first-order valence-electron chi connectivity index (χ1n) is 20.7. The highest BCUT2D eigenvalue weighted by atomic mass is 16.7. The largest absolute Gasteiger partial charge is 0.496 e. The van der Waals surface area contributed by atoms with Crippen LogP contribution in [0.1, 0.15) is 111 Å². The van der Waals surface area contributed by atoms with Gasteiger partial charge in [-0.15, -0.1) is 10.6 Å². The minimum absolute atomic E-state index is 0.0892. The van der Waals surface area contributed by atoms with Gasteiger partial charge in [0.2, 0.25) is 5.95 Å². The summed E-state index contributed by atoms with van der Waals surface area (Å²) in [7, 11) is 4.94. The maximum absolute atomic E-state index is 14.4. The first-order chi connectivity index (χ1) is 27.1. The normalized spacial score (nSPS) is 23.1. The fraction of sp³-hybridized carbons (Fsp3) is 0.591. The predicted molar refractivity (Wildman–Crippen MR) is 215 cm³/mol. The molecule has 5 aliphatic carbocycles. The Balaban J connectivity index is 1.07. The Labute approximate surface area is 329 Å². The van der Waals surface area contributed by atoms with Crippen LogP contribution in [-0.4, -0.2) is 58.1 Å². The number of hydroxylamine groups is 1. The van der Waals surface area contributed by atoms with Crippen molar-refractivity contribution in [1.82, 2.24) is 24.8 Å². The van der Waals surface area contributed by atoms with E-state index in [2.05, 4.69) is 10.8 Å². The summed E-state index contributed by atoms with van der Waals surface area (Å²) in [6.45, 7) is 6.91. The molecule has 0 aliphatic heterocycles. The first kappa shape index (κ1) is 38.3. The van der Waals surface area contributed by atoms with E-state index in [4.69, 9.17) is 29.1 Å². The van der Waals surface area contributed by atoms with Crippen LogP contribution in [-0.2, 0) is 22.7 Å². The molecule has 0 unspecified atom stereocenters. The Morgan fingerprint density at radius 1 is 0.821 bits per heavy atom. The molecule has 12 heteroatoms. The maximum atomic E-state index is 14.4. The third kappa shape index (κ3) is 7.48. The molecule has 2 aromatic heterocycles. The summed E-state index contributed by atoms with van der Waals surface area (Å²) in [6, 6.07) is 7.70. The number of rotatable bonds is 14. The maximum Gasteiger partial charge on any atom is 0.326 e. The monoisotopic (exact) mass is 766 g/mol. The number of fused-ring (bicyclic) bond motifs is 1. The lowest BCUT2D eigenvalue weighted by Gasteiger charge is -2.56. The van der Waals surface area contributed by atoms with Gasteiger partial charge in [0.1, 0.15) is 22.9 Å². The van der Waals surface area contributed by atoms with Crippen molar-refractivity contribution >= 4 is 28.7 Å². The zero-order chi connectivity index (χ0) is 39.1. The second kappa shape index (κ2) is 15.8. The van der Waals surface area contributed by atoms with E-state index in [1.807, 2.05) is 54.3 Å². The van der Waals surface area contributed by atoms with E-state index in [1.165, 1.54) is 51.4 Å². The van der Waals surface area contributed by atoms with Gasteiger partial charge in [-0.05, 0) is 124 Å². The van der Waals surface area contributed by atoms with Crippen LogP contribution in [0.15, 0.2) is 24.3 Å². The summed E-state index contributed by atoms with van der Waals surface area (Å²) < 4.78 is 21.0. The molecule has 2 aromatic carbocycles. The number of benzene rings is 2. The number of anilines is 1. The molecule has 2 heterocycles. The molecule has 9 rings (SSSR count). The van der Waals surface area contributed by atoms with Gasteiger partial charge in [0, 0.05) is 24.5 Å². The second-order valence-electron chi connectivity index (χ2n) is 17.2. The Hall–Kier alpha value is -4.58. The van der Waals surface area contributed by atoms with Gasteiger partial charge in [-0.1, -0.05) is 32.1 Å². The molecule has 2 N–H and O–H groups in total. The van der Waals surface area contributed by atoms with Gasteiger partial charge in [0.15, 0.2) is 5.82 Å². The van der Waals surface area contributed by atoms with Crippen molar-refractivity contribution in [2.24, 2.45) is 23.7 Å². The average Bonchev–Trinajstić information content (AvgIpc) is 3.77. The van der Waals surface area contributed by atoms with Crippen molar-refractivity contribution in [3.8, 4) is 28.6 Å². The minimum Gasteiger partial charge on any atom is -0.496 e. The van der Waals surface area contributed by atoms with E-state index in [9.17, 15) is 9.59 Å². The number of nitrogens with zero attached hydrogens (tertiary/aromatic N) is 4. The van der Waals surface area contributed by atoms with Gasteiger partial charge in [-0.25, -0.2) is 4.68 Å². The fourth-order valence-electron chi connectivity index (χ4n) is 10.9. The second-order valence-corrected chi connectivity index (χ2v) is 17.2. The molecule has 0 radical (unpaired) electrons. The zero-order valence-electron chi connectivity index (χ0n) is 34.0. The smallest absolute Gasteiger partial charge is 0.326 e. The van der Waals surface area contributed by atoms with Crippen molar-refractivity contribution in [3.05, 3.63) is 46.6 Å². The summed E-state index contributed by atoms with van der Waals surface area (Å²) in [6.07, 6.45) is 14.5. The number of aryl methyl sites for hydroxylation is 4. The lowest BCUT2D eigenvalue weighted by Crippen LogP contribution is -2.58. The number of methoxy groups -OCH3 is 3. The van der Waals surface area contributed by atoms with Crippen molar-refractivity contribution < 1.29 is 28.6 Å². The number of carbonyl (C=O) groups excluding carboxylic acids is 2. The standard InChI is InChI=1S/C44H58N6O6/c1-26-16-39(55-6)34(21-37(26)53-4)41-45-43(47-50(41)15-12-29-10-8-7-9-11-29)46-42(52)36-20-33-27(2)28(3)38(54-5)22-35(33)49(36)14-13-40(51)56-48-44-23-30-17-31(24-44)19-32(18-30)25-44/h16,20-22,29-32,48H,7-15,17-19,23-25H2,1-6H3,(H,46,47,52). The molecule has 0 saturated heterocycles. The fourth-order valence-corrected chi connectivity index (χ4v) is 10.9. The van der Waals surface area contributed by atoms with Gasteiger partial charge in [-0.3, -0.25) is 14.9 Å². The Morgan fingerprint density at radius 3 is 2.16 bits per heavy atom. The average molecular weight is 767 g/mol. The molecular formula is C44H58N6O6. The minimum atomic E-state index is -0.373. The van der Waals surface area contributed by atoms with E-state index >= 15 is 0 Å². The molecule has 5 saturated carbocycles. The summed E-state index contributed by atoms with van der Waals surface area (Å²) >= 11 is 0. The lowest BCUT2D eigenvalue weighted by atomic mass is 9.53. The van der Waals surface area contributed by atoms with Crippen LogP contribution < -0.4 is 25.0 Å². The molecule has 300 valence electrons. The van der Waals surface area contributed by atoms with Crippen LogP contribution in [0.3, 0.4) is 0 Å². The SMILES string of the molecule is COc1cc(-c2nc(NC(=O)c3cc4c(C)c(C)c(OC)cc4n3CCC(=O)ONC34CC5CC(CC(C5)C3)C4)nn2CCC2CCCCC2)c(OC)cc1C. The Morgan fingerprint density at radius 2 is 1.50 bits per heavy atom. The quantitative estimate of drug-likeness (QED) is 0.121. The molecule has 12 nitrogen and oxygen atoms in total. The van der Waals surface area contributed by atoms with Crippen LogP contribution in [0.4, 0.5) is 5.95 Å². The van der Waals surface area contributed by atoms with E-state index in [0.717, 1.165) is 82.3 Å². The van der Waals surface area contributed by atoms with Crippen molar-refractivity contribution in [3.63, 3.8) is 0 Å². The van der Waals surface area contributed by atoms with Crippen molar-refractivity contribution in [2.75, 3.05) is 26.6 Å². The van der Waals surface area contributed by atoms with Crippen LogP contribution in [0, 0.1) is 44.4 Å². The van der Waals surface area contributed by atoms with Gasteiger partial charge in [0.25, 0.3) is 5.91 Å². The number of aromatic nitrogens is 4. The van der Waals surface area contributed by atoms with Crippen LogP contribution in [0.25, 0.3) is 22.3 Å². The molecule has 0 spiro atoms. The molecule has 56 heavy (non-hydrogen) atoms. The van der Waals surface area contributed by atoms with Gasteiger partial charge in [-0.2, -0.15) is 4.98 Å². The Bertz CT molecular complexity index is 2080. The highest BCUT2D eigenvalue weighted by Crippen LogP contribution is 2.55. The van der Waals surface area contributed by atoms with Crippen LogP contribution in [0.2, 0.25) is 0 Å². The number of carbonyl (C=O) groups is 2. The first-order valence-corrected chi connectivity index (χ1v) is 20.7. The van der Waals surface area contributed by atoms with E-state index < -0.39 is 0 Å². The van der Waals surface area contributed by atoms with Crippen LogP contribution >= 0.6 is 0 Å². The summed E-state index contributed by atoms with van der Waals surface area (Å²) in [4.78, 5) is 38.5. The molecule has 5 fully saturated rings. The molecular weight excluding hydrogens is 709 g/mol. The van der Waals surface area contributed by atoms with Crippen LogP contribution in [0.5, 0.6) is 17.2 Å². The highest BCUT2D eigenvalue weighted by Gasteiger charge is 2.51. The zero-order valence-corrected chi connectivity index (χ0v) is 34.0. The summed E-state index contributed by atoms with van der Waals surface area (Å²) in [5.41, 5.74) is 8.05. The molecule has 1 amide bonds. The van der Waals surface area contributed by atoms with E-state index in [0.29, 0.717) is 35.5 Å². The summed E-state index contributed by atoms with van der Waals surface area (Å²) in [5, 5.41) is 8.81. The molecule has 5 aliphatic rings. The topological polar surface area (TPSA) is 131 Å². The highest BCUT2D eigenvalue weighted by molar-refractivity contribution is 6.06. The van der Waals surface area contributed by atoms with E-state index in [-0.39, 0.29) is 36.3 Å². The number of ether oxygens (including phenoxy) is 3. The predicted octanol–water partition coefficient (Wildman–Crippen LogP) is 8.48. The summed E-state index contributed by atoms with van der Waals surface area (Å²) in [5.74, 6) is 4.99. The molecule has 0 atom stereocenters. The number of hydrogen-bond acceptors (Lipinski definition) is 9. The molecule has 4 aromatic rings. The van der Waals surface area contributed by atoms with Gasteiger partial charge in [0.05, 0.1) is 44.4 Å². The number of nitrogens with one attached hydrogen (secondary N) is 2. The van der Waals surface area contributed by atoms with Crippen molar-refractivity contribution in [2.45, 2.75) is 123 Å². The third-order valence-electron chi connectivity index (χ3n) is 13.5. The number of amides is 1. The molecule has 4 bridgehead atoms. The third-order valence-corrected chi connectivity index (χ3v) is 13.5. The number of hydrogen-bond donors (Lipinski definition) is 2. The Kier molecular flexibility index (Phi) is 10.8.